The molecule has 0 bridgehead atoms. The highest BCUT2D eigenvalue weighted by molar-refractivity contribution is 7.88. The van der Waals surface area contributed by atoms with Gasteiger partial charge in [0.05, 0.1) is 28.8 Å². The second-order valence-electron chi connectivity index (χ2n) is 10.2. The maximum absolute atomic E-state index is 14.6. The number of aromatic amines is 2. The fraction of sp³-hybridized carbons (Fsp3) is 0.172. The summed E-state index contributed by atoms with van der Waals surface area (Å²) in [6.45, 7) is 4.12. The number of hydrogen-bond donors (Lipinski definition) is 4. The van der Waals surface area contributed by atoms with Gasteiger partial charge >= 0.3 is 0 Å². The van der Waals surface area contributed by atoms with E-state index in [1.807, 2.05) is 24.3 Å². The van der Waals surface area contributed by atoms with Crippen molar-refractivity contribution < 1.29 is 12.8 Å². The monoisotopic (exact) mass is 570 g/mol. The van der Waals surface area contributed by atoms with E-state index in [1.165, 1.54) is 12.1 Å². The maximum Gasteiger partial charge on any atom is 0.209 e. The minimum absolute atomic E-state index is 0.0184. The number of aromatic nitrogens is 6. The molecule has 208 valence electrons. The molecule has 0 aliphatic carbocycles. The first-order valence-electron chi connectivity index (χ1n) is 12.9. The number of benzene rings is 1. The number of hydrogen-bond acceptors (Lipinski definition) is 7. The van der Waals surface area contributed by atoms with E-state index in [4.69, 9.17) is 4.98 Å². The van der Waals surface area contributed by atoms with E-state index in [9.17, 15) is 12.8 Å². The summed E-state index contributed by atoms with van der Waals surface area (Å²) < 4.78 is 40.1. The molecule has 41 heavy (non-hydrogen) atoms. The van der Waals surface area contributed by atoms with Gasteiger partial charge in [-0.05, 0) is 79.1 Å². The van der Waals surface area contributed by atoms with Crippen LogP contribution in [0.1, 0.15) is 19.4 Å². The molecule has 0 radical (unpaired) electrons. The highest BCUT2D eigenvalue weighted by Gasteiger charge is 2.17. The summed E-state index contributed by atoms with van der Waals surface area (Å²) in [5.41, 5.74) is 7.74. The number of nitrogens with one attached hydrogen (secondary N) is 4. The van der Waals surface area contributed by atoms with Crippen LogP contribution in [0, 0.1) is 5.82 Å². The molecule has 0 fully saturated rings. The minimum atomic E-state index is -3.43. The normalized spacial score (nSPS) is 12.0. The highest BCUT2D eigenvalue weighted by atomic mass is 32.2. The van der Waals surface area contributed by atoms with Gasteiger partial charge in [0.15, 0.2) is 0 Å². The Morgan fingerprint density at radius 3 is 2.68 bits per heavy atom. The molecule has 0 unspecified atom stereocenters. The van der Waals surface area contributed by atoms with Gasteiger partial charge in [-0.1, -0.05) is 0 Å². The van der Waals surface area contributed by atoms with Crippen molar-refractivity contribution in [2.24, 2.45) is 0 Å². The number of nitrogens with zero attached hydrogens (tertiary/aromatic N) is 4. The van der Waals surface area contributed by atoms with Gasteiger partial charge in [-0.15, -0.1) is 0 Å². The molecule has 6 aromatic rings. The van der Waals surface area contributed by atoms with Crippen molar-refractivity contribution in [2.45, 2.75) is 26.4 Å². The molecule has 5 aromatic heterocycles. The van der Waals surface area contributed by atoms with Crippen LogP contribution in [0.4, 0.5) is 10.1 Å². The molecule has 4 N–H and O–H groups in total. The summed E-state index contributed by atoms with van der Waals surface area (Å²) in [4.78, 5) is 17.1. The molecule has 0 atom stereocenters. The van der Waals surface area contributed by atoms with E-state index < -0.39 is 15.8 Å². The second-order valence-corrected chi connectivity index (χ2v) is 12.0. The van der Waals surface area contributed by atoms with Crippen LogP contribution in [-0.4, -0.2) is 50.8 Å². The first kappa shape index (κ1) is 26.5. The van der Waals surface area contributed by atoms with Crippen molar-refractivity contribution in [2.75, 3.05) is 11.6 Å². The first-order chi connectivity index (χ1) is 19.6. The molecule has 0 aliphatic rings. The number of halogens is 1. The van der Waals surface area contributed by atoms with Crippen LogP contribution in [0.15, 0.2) is 67.1 Å². The number of rotatable bonds is 8. The van der Waals surface area contributed by atoms with E-state index in [-0.39, 0.29) is 12.6 Å². The Hall–Kier alpha value is -4.68. The van der Waals surface area contributed by atoms with Crippen LogP contribution in [0.3, 0.4) is 0 Å². The Balaban J connectivity index is 1.40. The summed E-state index contributed by atoms with van der Waals surface area (Å²) in [6, 6.07) is 14.3. The second kappa shape index (κ2) is 10.4. The number of anilines is 1. The van der Waals surface area contributed by atoms with Gasteiger partial charge in [0.25, 0.3) is 0 Å². The number of fused-ring (bicyclic) bond motifs is 2. The Labute approximate surface area is 235 Å². The summed E-state index contributed by atoms with van der Waals surface area (Å²) in [6.07, 6.45) is 6.26. The average Bonchev–Trinajstić information content (AvgIpc) is 3.54. The lowest BCUT2D eigenvalue weighted by atomic mass is 10.0. The Bertz CT molecular complexity index is 2020. The SMILES string of the molecule is CC(C)Nc1cncc(-c2ccc3[nH]nc(-c4cc5c(-c6cc(F)cc(CNS(C)(=O)=O)c6)ccnc5[nH]4)c3n2)c1. The lowest BCUT2D eigenvalue weighted by Crippen LogP contribution is -2.21. The predicted octanol–water partition coefficient (Wildman–Crippen LogP) is 5.24. The maximum atomic E-state index is 14.6. The van der Waals surface area contributed by atoms with Gasteiger partial charge < -0.3 is 10.3 Å². The third kappa shape index (κ3) is 5.65. The van der Waals surface area contributed by atoms with Gasteiger partial charge in [0.1, 0.15) is 22.7 Å². The molecule has 1 aromatic carbocycles. The quantitative estimate of drug-likeness (QED) is 0.196. The molecule has 10 nitrogen and oxygen atoms in total. The fourth-order valence-electron chi connectivity index (χ4n) is 4.77. The molecule has 0 saturated carbocycles. The van der Waals surface area contributed by atoms with Gasteiger partial charge in [-0.3, -0.25) is 10.1 Å². The third-order valence-corrected chi connectivity index (χ3v) is 7.16. The number of sulfonamides is 1. The summed E-state index contributed by atoms with van der Waals surface area (Å²) in [5.74, 6) is -0.467. The van der Waals surface area contributed by atoms with Crippen molar-refractivity contribution in [1.82, 2.24) is 34.9 Å². The Morgan fingerprint density at radius 1 is 1.02 bits per heavy atom. The molecular weight excluding hydrogens is 543 g/mol. The zero-order valence-electron chi connectivity index (χ0n) is 22.5. The lowest BCUT2D eigenvalue weighted by Gasteiger charge is -2.10. The molecule has 0 aliphatic heterocycles. The predicted molar refractivity (Wildman–Crippen MR) is 158 cm³/mol. The van der Waals surface area contributed by atoms with Crippen molar-refractivity contribution >= 4 is 37.8 Å². The van der Waals surface area contributed by atoms with E-state index in [2.05, 4.69) is 49.0 Å². The van der Waals surface area contributed by atoms with Crippen LogP contribution in [0.25, 0.3) is 55.8 Å². The van der Waals surface area contributed by atoms with Gasteiger partial charge in [0, 0.05) is 42.1 Å². The van der Waals surface area contributed by atoms with E-state index >= 15 is 0 Å². The number of H-pyrrole nitrogens is 2. The zero-order chi connectivity index (χ0) is 28.7. The summed E-state index contributed by atoms with van der Waals surface area (Å²) >= 11 is 0. The molecule has 12 heteroatoms. The highest BCUT2D eigenvalue weighted by Crippen LogP contribution is 2.34. The topological polar surface area (TPSA) is 141 Å². The minimum Gasteiger partial charge on any atom is -0.382 e. The van der Waals surface area contributed by atoms with E-state index in [1.54, 1.807) is 30.7 Å². The molecular formula is C29H27FN8O2S. The summed E-state index contributed by atoms with van der Waals surface area (Å²) in [7, 11) is -3.43. The smallest absolute Gasteiger partial charge is 0.209 e. The van der Waals surface area contributed by atoms with Crippen molar-refractivity contribution in [3.63, 3.8) is 0 Å². The Kier molecular flexibility index (Phi) is 6.72. The fourth-order valence-corrected chi connectivity index (χ4v) is 5.20. The zero-order valence-corrected chi connectivity index (χ0v) is 23.3. The first-order valence-corrected chi connectivity index (χ1v) is 14.8. The van der Waals surface area contributed by atoms with Crippen LogP contribution in [0.2, 0.25) is 0 Å². The van der Waals surface area contributed by atoms with Gasteiger partial charge in [-0.2, -0.15) is 5.10 Å². The number of pyridine rings is 3. The standard InChI is InChI=1S/C29H27FN8O2S/c1-16(2)34-21-11-19(14-31-15-21)24-4-5-25-27(35-24)28(38-37-25)26-12-23-22(6-7-32-29(23)36-26)18-8-17(9-20(30)10-18)13-33-41(3,39)40/h4-12,14-16,33-34H,13H2,1-3H3,(H,32,36)(H,37,38). The molecule has 0 saturated heterocycles. The lowest BCUT2D eigenvalue weighted by molar-refractivity contribution is 0.586. The van der Waals surface area contributed by atoms with E-state index in [0.29, 0.717) is 33.7 Å². The third-order valence-electron chi connectivity index (χ3n) is 6.49. The van der Waals surface area contributed by atoms with Gasteiger partial charge in [-0.25, -0.2) is 27.5 Å². The van der Waals surface area contributed by atoms with E-state index in [0.717, 1.165) is 39.7 Å². The van der Waals surface area contributed by atoms with Crippen molar-refractivity contribution in [1.29, 1.82) is 0 Å². The molecule has 5 heterocycles. The van der Waals surface area contributed by atoms with Crippen LogP contribution in [-0.2, 0) is 16.6 Å². The molecule has 0 amide bonds. The van der Waals surface area contributed by atoms with Crippen molar-refractivity contribution in [3.8, 4) is 33.8 Å². The summed E-state index contributed by atoms with van der Waals surface area (Å²) in [5, 5.41) is 11.7. The molecule has 0 spiro atoms. The van der Waals surface area contributed by atoms with Crippen LogP contribution in [0.5, 0.6) is 0 Å². The molecule has 6 rings (SSSR count). The van der Waals surface area contributed by atoms with Crippen LogP contribution < -0.4 is 10.0 Å². The average molecular weight is 571 g/mol. The Morgan fingerprint density at radius 2 is 1.88 bits per heavy atom. The largest absolute Gasteiger partial charge is 0.382 e. The van der Waals surface area contributed by atoms with Gasteiger partial charge in [0.2, 0.25) is 10.0 Å². The van der Waals surface area contributed by atoms with Crippen molar-refractivity contribution in [3.05, 3.63) is 78.5 Å². The van der Waals surface area contributed by atoms with Crippen LogP contribution >= 0.6 is 0 Å².